The molecule has 1 aliphatic rings. The van der Waals surface area contributed by atoms with Crippen molar-refractivity contribution in [2.24, 2.45) is 0 Å². The van der Waals surface area contributed by atoms with E-state index in [0.717, 1.165) is 0 Å². The first kappa shape index (κ1) is 5.58. The fraction of sp³-hybridized carbons (Fsp3) is 0. The van der Waals surface area contributed by atoms with Crippen molar-refractivity contribution in [2.45, 2.75) is 0 Å². The normalized spacial score (nSPS) is 18.2. The Hall–Kier alpha value is -0.550. The van der Waals surface area contributed by atoms with Gasteiger partial charge in [0.2, 0.25) is 0 Å². The van der Waals surface area contributed by atoms with Gasteiger partial charge in [-0.05, 0) is 11.9 Å². The molecule has 0 fully saturated rings. The van der Waals surface area contributed by atoms with Crippen LogP contribution < -0.4 is 4.72 Å². The van der Waals surface area contributed by atoms with E-state index in [1.807, 2.05) is 0 Å². The maximum Gasteiger partial charge on any atom is 0.273 e. The number of nitro groups is 1. The molecule has 4 nitrogen and oxygen atoms in total. The lowest BCUT2D eigenvalue weighted by atomic mass is 10.5. The predicted molar refractivity (Wildman–Crippen MR) is 30.1 cm³/mol. The second-order valence-electron chi connectivity index (χ2n) is 1.18. The van der Waals surface area contributed by atoms with E-state index >= 15 is 0 Å². The van der Waals surface area contributed by atoms with Crippen molar-refractivity contribution in [3.05, 3.63) is 27.8 Å². The molecule has 0 spiro atoms. The van der Waals surface area contributed by atoms with Gasteiger partial charge in [0.05, 0.1) is 10.3 Å². The highest BCUT2D eigenvalue weighted by atomic mass is 32.2. The van der Waals surface area contributed by atoms with Crippen molar-refractivity contribution >= 4 is 11.9 Å². The molecule has 5 heteroatoms. The monoisotopic (exact) mass is 131 g/mol. The van der Waals surface area contributed by atoms with E-state index in [2.05, 4.69) is 4.72 Å². The van der Waals surface area contributed by atoms with Crippen LogP contribution in [0.25, 0.3) is 0 Å². The minimum Gasteiger partial charge on any atom is -0.259 e. The van der Waals surface area contributed by atoms with E-state index in [0.29, 0.717) is 0 Å². The van der Waals surface area contributed by atoms with E-state index in [-0.39, 0.29) is 5.70 Å². The third kappa shape index (κ3) is 0.988. The molecule has 0 unspecified atom stereocenters. The van der Waals surface area contributed by atoms with E-state index in [9.17, 15) is 10.1 Å². The largest absolute Gasteiger partial charge is 0.273 e. The minimum absolute atomic E-state index is 0.120. The summed E-state index contributed by atoms with van der Waals surface area (Å²) in [4.78, 5) is 9.42. The topological polar surface area (TPSA) is 55.2 Å². The lowest BCUT2D eigenvalue weighted by Gasteiger charge is -1.83. The van der Waals surface area contributed by atoms with Gasteiger partial charge in [-0.3, -0.25) is 10.1 Å². The maximum absolute atomic E-state index is 9.85. The highest BCUT2D eigenvalue weighted by Gasteiger charge is 2.14. The zero-order valence-corrected chi connectivity index (χ0v) is 4.64. The molecule has 0 saturated carbocycles. The lowest BCUT2D eigenvalue weighted by molar-refractivity contribution is -0.421. The van der Waals surface area contributed by atoms with E-state index < -0.39 is 4.92 Å². The molecule has 0 aromatic carbocycles. The Morgan fingerprint density at radius 3 is 2.88 bits per heavy atom. The van der Waals surface area contributed by atoms with Gasteiger partial charge in [0.25, 0.3) is 5.70 Å². The number of hydrogen-bond acceptors (Lipinski definition) is 4. The van der Waals surface area contributed by atoms with Crippen LogP contribution in [-0.4, -0.2) is 4.92 Å². The summed E-state index contributed by atoms with van der Waals surface area (Å²) < 4.78 is 2.61. The van der Waals surface area contributed by atoms with Gasteiger partial charge in [-0.15, -0.1) is 0 Å². The second kappa shape index (κ2) is 2.15. The van der Waals surface area contributed by atoms with Gasteiger partial charge in [-0.1, -0.05) is 0 Å². The fourth-order valence-electron chi connectivity index (χ4n) is 0.319. The maximum atomic E-state index is 9.85. The number of hydrogen-bond donors (Lipinski definition) is 1. The molecule has 1 N–H and O–H groups in total. The first-order valence-corrected chi connectivity index (χ1v) is 2.77. The summed E-state index contributed by atoms with van der Waals surface area (Å²) in [5.74, 6) is 0. The SMILES string of the molecule is O=[N+]([O-])C1=CSN[CH]1. The van der Waals surface area contributed by atoms with Crippen LogP contribution in [0.5, 0.6) is 0 Å². The Balaban J connectivity index is 2.57. The Bertz CT molecular complexity index is 144. The summed E-state index contributed by atoms with van der Waals surface area (Å²) in [6.07, 6.45) is 0. The second-order valence-corrected chi connectivity index (χ2v) is 1.89. The molecule has 0 aliphatic carbocycles. The van der Waals surface area contributed by atoms with Crippen molar-refractivity contribution < 1.29 is 4.92 Å². The van der Waals surface area contributed by atoms with Gasteiger partial charge < -0.3 is 0 Å². The molecule has 0 aromatic rings. The van der Waals surface area contributed by atoms with Crippen LogP contribution in [0.2, 0.25) is 0 Å². The summed E-state index contributed by atoms with van der Waals surface area (Å²) in [6.45, 7) is 1.35. The van der Waals surface area contributed by atoms with Gasteiger partial charge in [-0.25, -0.2) is 4.72 Å². The average Bonchev–Trinajstić information content (AvgIpc) is 2.12. The van der Waals surface area contributed by atoms with E-state index in [4.69, 9.17) is 0 Å². The third-order valence-electron chi connectivity index (χ3n) is 0.665. The summed E-state index contributed by atoms with van der Waals surface area (Å²) in [7, 11) is 0. The van der Waals surface area contributed by atoms with Crippen LogP contribution in [0.4, 0.5) is 0 Å². The molecular weight excluding hydrogens is 128 g/mol. The van der Waals surface area contributed by atoms with Crippen molar-refractivity contribution in [1.82, 2.24) is 4.72 Å². The van der Waals surface area contributed by atoms with E-state index in [1.165, 1.54) is 23.9 Å². The Kier molecular flexibility index (Phi) is 1.50. The lowest BCUT2D eigenvalue weighted by Crippen LogP contribution is -2.00. The quantitative estimate of drug-likeness (QED) is 0.320. The third-order valence-corrected chi connectivity index (χ3v) is 1.28. The first-order chi connectivity index (χ1) is 3.80. The van der Waals surface area contributed by atoms with Crippen molar-refractivity contribution in [3.63, 3.8) is 0 Å². The highest BCUT2D eigenvalue weighted by Crippen LogP contribution is 2.14. The molecule has 1 rings (SSSR count). The zero-order valence-electron chi connectivity index (χ0n) is 3.83. The molecule has 1 aliphatic heterocycles. The molecule has 0 amide bonds. The summed E-state index contributed by atoms with van der Waals surface area (Å²) in [6, 6.07) is 0. The molecule has 1 radical (unpaired) electrons. The van der Waals surface area contributed by atoms with Crippen LogP contribution in [0.1, 0.15) is 0 Å². The molecule has 0 bridgehead atoms. The Labute approximate surface area is 50.2 Å². The molecule has 1 heterocycles. The van der Waals surface area contributed by atoms with Gasteiger partial charge in [-0.2, -0.15) is 0 Å². The first-order valence-electron chi connectivity index (χ1n) is 1.89. The Morgan fingerprint density at radius 2 is 2.62 bits per heavy atom. The summed E-state index contributed by atoms with van der Waals surface area (Å²) in [5, 5.41) is 11.3. The standard InChI is InChI=1S/C3H3N2O2S/c6-5(7)3-1-4-8-2-3/h1-2,4H. The van der Waals surface area contributed by atoms with Crippen molar-refractivity contribution in [2.75, 3.05) is 0 Å². The zero-order chi connectivity index (χ0) is 5.98. The average molecular weight is 131 g/mol. The smallest absolute Gasteiger partial charge is 0.259 e. The van der Waals surface area contributed by atoms with Gasteiger partial charge in [0.15, 0.2) is 0 Å². The number of rotatable bonds is 1. The Morgan fingerprint density at radius 1 is 1.88 bits per heavy atom. The van der Waals surface area contributed by atoms with Crippen molar-refractivity contribution in [1.29, 1.82) is 0 Å². The van der Waals surface area contributed by atoms with Gasteiger partial charge in [0, 0.05) is 0 Å². The van der Waals surface area contributed by atoms with Crippen LogP contribution in [0.3, 0.4) is 0 Å². The summed E-state index contributed by atoms with van der Waals surface area (Å²) >= 11 is 1.20. The predicted octanol–water partition coefficient (Wildman–Crippen LogP) is 0.518. The summed E-state index contributed by atoms with van der Waals surface area (Å²) in [5.41, 5.74) is 0.120. The van der Waals surface area contributed by atoms with Gasteiger partial charge in [0.1, 0.15) is 6.54 Å². The molecule has 0 aromatic heterocycles. The van der Waals surface area contributed by atoms with Crippen LogP contribution in [-0.2, 0) is 0 Å². The van der Waals surface area contributed by atoms with Crippen LogP contribution in [0.15, 0.2) is 11.1 Å². The van der Waals surface area contributed by atoms with Crippen LogP contribution in [0, 0.1) is 16.7 Å². The number of nitrogens with zero attached hydrogens (tertiary/aromatic N) is 1. The fourth-order valence-corrected chi connectivity index (χ4v) is 0.850. The minimum atomic E-state index is -0.438. The molecule has 8 heavy (non-hydrogen) atoms. The number of nitrogens with one attached hydrogen (secondary N) is 1. The van der Waals surface area contributed by atoms with Gasteiger partial charge >= 0.3 is 0 Å². The molecular formula is C3H3N2O2S. The van der Waals surface area contributed by atoms with Crippen molar-refractivity contribution in [3.8, 4) is 0 Å². The van der Waals surface area contributed by atoms with E-state index in [1.54, 1.807) is 0 Å². The molecule has 0 atom stereocenters. The molecule has 0 saturated heterocycles. The highest BCUT2D eigenvalue weighted by molar-refractivity contribution is 8.00. The molecule has 43 valence electrons. The van der Waals surface area contributed by atoms with Crippen LogP contribution >= 0.6 is 11.9 Å².